The summed E-state index contributed by atoms with van der Waals surface area (Å²) < 4.78 is 0. The monoisotopic (exact) mass is 236 g/mol. The molecule has 1 N–H and O–H groups in total. The van der Waals surface area contributed by atoms with Gasteiger partial charge in [0, 0.05) is 20.1 Å². The maximum absolute atomic E-state index is 4.54. The van der Waals surface area contributed by atoms with E-state index in [0.717, 1.165) is 29.1 Å². The minimum absolute atomic E-state index is 0.716. The van der Waals surface area contributed by atoms with Crippen LogP contribution < -0.4 is 10.2 Å². The number of thiophene rings is 1. The van der Waals surface area contributed by atoms with Gasteiger partial charge in [0.1, 0.15) is 10.6 Å². The summed E-state index contributed by atoms with van der Waals surface area (Å²) in [5.41, 5.74) is 0. The summed E-state index contributed by atoms with van der Waals surface area (Å²) in [4.78, 5) is 12.2. The molecule has 2 aromatic rings. The predicted octanol–water partition coefficient (Wildman–Crippen LogP) is 2.58. The lowest BCUT2D eigenvalue weighted by Crippen LogP contribution is -2.18. The van der Waals surface area contributed by atoms with E-state index in [1.54, 1.807) is 11.3 Å². The summed E-state index contributed by atoms with van der Waals surface area (Å²) in [5.74, 6) is 1.72. The van der Waals surface area contributed by atoms with Crippen molar-refractivity contribution in [2.24, 2.45) is 0 Å². The van der Waals surface area contributed by atoms with E-state index in [9.17, 15) is 0 Å². The van der Waals surface area contributed by atoms with Crippen LogP contribution in [0.25, 0.3) is 10.2 Å². The Hall–Kier alpha value is -1.36. The van der Waals surface area contributed by atoms with Gasteiger partial charge in [-0.1, -0.05) is 0 Å². The number of fused-ring (bicyclic) bond motifs is 1. The van der Waals surface area contributed by atoms with Crippen molar-refractivity contribution in [1.82, 2.24) is 9.97 Å². The lowest BCUT2D eigenvalue weighted by Gasteiger charge is -2.17. The van der Waals surface area contributed by atoms with E-state index < -0.39 is 0 Å². The van der Waals surface area contributed by atoms with Gasteiger partial charge in [0.25, 0.3) is 0 Å². The third-order valence-corrected chi connectivity index (χ3v) is 3.28. The highest BCUT2D eigenvalue weighted by Crippen LogP contribution is 2.28. The standard InChI is InChI=1S/C11H16N4S/c1-4-12-11-13-9(15(3)5-2)8-6-7-16-10(8)14-11/h6-7H,4-5H2,1-3H3,(H,12,13,14). The molecule has 0 aliphatic heterocycles. The number of hydrogen-bond acceptors (Lipinski definition) is 5. The molecule has 0 saturated carbocycles. The van der Waals surface area contributed by atoms with E-state index in [0.29, 0.717) is 5.95 Å². The largest absolute Gasteiger partial charge is 0.359 e. The fourth-order valence-corrected chi connectivity index (χ4v) is 2.28. The van der Waals surface area contributed by atoms with Gasteiger partial charge in [-0.2, -0.15) is 4.98 Å². The van der Waals surface area contributed by atoms with Crippen molar-refractivity contribution in [3.63, 3.8) is 0 Å². The van der Waals surface area contributed by atoms with Crippen molar-refractivity contribution in [2.75, 3.05) is 30.4 Å². The molecule has 5 heteroatoms. The first kappa shape index (κ1) is 11.1. The molecule has 0 aliphatic carbocycles. The molecular weight excluding hydrogens is 220 g/mol. The van der Waals surface area contributed by atoms with Crippen molar-refractivity contribution >= 4 is 33.3 Å². The van der Waals surface area contributed by atoms with Crippen LogP contribution in [0.15, 0.2) is 11.4 Å². The molecule has 4 nitrogen and oxygen atoms in total. The molecule has 0 unspecified atom stereocenters. The minimum atomic E-state index is 0.716. The van der Waals surface area contributed by atoms with E-state index in [1.165, 1.54) is 0 Å². The summed E-state index contributed by atoms with van der Waals surface area (Å²) in [5, 5.41) is 6.36. The molecule has 0 aromatic carbocycles. The van der Waals surface area contributed by atoms with Crippen LogP contribution in [-0.4, -0.2) is 30.1 Å². The van der Waals surface area contributed by atoms with E-state index >= 15 is 0 Å². The molecule has 0 aliphatic rings. The number of nitrogens with zero attached hydrogens (tertiary/aromatic N) is 3. The molecule has 0 fully saturated rings. The van der Waals surface area contributed by atoms with Crippen molar-refractivity contribution in [1.29, 1.82) is 0 Å². The smallest absolute Gasteiger partial charge is 0.226 e. The molecule has 0 amide bonds. The van der Waals surface area contributed by atoms with Gasteiger partial charge in [-0.05, 0) is 25.3 Å². The summed E-state index contributed by atoms with van der Waals surface area (Å²) in [6.45, 7) is 5.94. The Kier molecular flexibility index (Phi) is 3.24. The second-order valence-electron chi connectivity index (χ2n) is 3.55. The van der Waals surface area contributed by atoms with Gasteiger partial charge in [0.05, 0.1) is 5.39 Å². The molecule has 0 atom stereocenters. The highest BCUT2D eigenvalue weighted by atomic mass is 32.1. The van der Waals surface area contributed by atoms with Crippen LogP contribution in [0.1, 0.15) is 13.8 Å². The third-order valence-electron chi connectivity index (χ3n) is 2.48. The molecule has 2 heterocycles. The molecular formula is C11H16N4S. The summed E-state index contributed by atoms with van der Waals surface area (Å²) in [7, 11) is 2.05. The van der Waals surface area contributed by atoms with Gasteiger partial charge in [-0.15, -0.1) is 11.3 Å². The van der Waals surface area contributed by atoms with Gasteiger partial charge in [0.15, 0.2) is 0 Å². The van der Waals surface area contributed by atoms with Crippen LogP contribution in [0.4, 0.5) is 11.8 Å². The van der Waals surface area contributed by atoms with Gasteiger partial charge in [-0.25, -0.2) is 4.98 Å². The Balaban J connectivity index is 2.54. The molecule has 0 spiro atoms. The van der Waals surface area contributed by atoms with E-state index in [1.807, 2.05) is 6.92 Å². The van der Waals surface area contributed by atoms with Crippen molar-refractivity contribution < 1.29 is 0 Å². The average Bonchev–Trinajstić information content (AvgIpc) is 2.75. The molecule has 2 rings (SSSR count). The number of nitrogens with one attached hydrogen (secondary N) is 1. The van der Waals surface area contributed by atoms with Crippen molar-refractivity contribution in [3.8, 4) is 0 Å². The Morgan fingerprint density at radius 1 is 1.38 bits per heavy atom. The van der Waals surface area contributed by atoms with Gasteiger partial charge < -0.3 is 10.2 Å². The van der Waals surface area contributed by atoms with Gasteiger partial charge in [0.2, 0.25) is 5.95 Å². The molecule has 0 radical (unpaired) electrons. The minimum Gasteiger partial charge on any atom is -0.359 e. The van der Waals surface area contributed by atoms with Crippen LogP contribution in [0.3, 0.4) is 0 Å². The summed E-state index contributed by atoms with van der Waals surface area (Å²) in [6, 6.07) is 2.08. The van der Waals surface area contributed by atoms with Gasteiger partial charge in [-0.3, -0.25) is 0 Å². The van der Waals surface area contributed by atoms with Crippen LogP contribution in [-0.2, 0) is 0 Å². The number of hydrogen-bond donors (Lipinski definition) is 1. The van der Waals surface area contributed by atoms with Crippen LogP contribution >= 0.6 is 11.3 Å². The lowest BCUT2D eigenvalue weighted by molar-refractivity contribution is 0.939. The predicted molar refractivity (Wildman–Crippen MR) is 70.5 cm³/mol. The SMILES string of the molecule is CCNc1nc(N(C)CC)c2ccsc2n1. The molecule has 0 bridgehead atoms. The highest BCUT2D eigenvalue weighted by molar-refractivity contribution is 7.16. The topological polar surface area (TPSA) is 41.1 Å². The van der Waals surface area contributed by atoms with Crippen molar-refractivity contribution in [2.45, 2.75) is 13.8 Å². The zero-order chi connectivity index (χ0) is 11.5. The summed E-state index contributed by atoms with van der Waals surface area (Å²) in [6.07, 6.45) is 0. The van der Waals surface area contributed by atoms with E-state index in [-0.39, 0.29) is 0 Å². The second-order valence-corrected chi connectivity index (χ2v) is 4.45. The Bertz CT molecular complexity index is 480. The first-order chi connectivity index (χ1) is 7.76. The third kappa shape index (κ3) is 1.95. The molecule has 86 valence electrons. The Morgan fingerprint density at radius 2 is 2.19 bits per heavy atom. The van der Waals surface area contributed by atoms with E-state index in [4.69, 9.17) is 0 Å². The van der Waals surface area contributed by atoms with Crippen LogP contribution in [0.5, 0.6) is 0 Å². The molecule has 0 saturated heterocycles. The fraction of sp³-hybridized carbons (Fsp3) is 0.455. The maximum Gasteiger partial charge on any atom is 0.226 e. The van der Waals surface area contributed by atoms with Gasteiger partial charge >= 0.3 is 0 Å². The lowest BCUT2D eigenvalue weighted by atomic mass is 10.3. The summed E-state index contributed by atoms with van der Waals surface area (Å²) >= 11 is 1.65. The van der Waals surface area contributed by atoms with Crippen molar-refractivity contribution in [3.05, 3.63) is 11.4 Å². The zero-order valence-electron chi connectivity index (χ0n) is 9.82. The highest BCUT2D eigenvalue weighted by Gasteiger charge is 2.10. The van der Waals surface area contributed by atoms with Crippen LogP contribution in [0, 0.1) is 0 Å². The number of aromatic nitrogens is 2. The first-order valence-corrected chi connectivity index (χ1v) is 6.34. The quantitative estimate of drug-likeness (QED) is 0.886. The average molecular weight is 236 g/mol. The number of rotatable bonds is 4. The second kappa shape index (κ2) is 4.65. The number of anilines is 2. The molecule has 16 heavy (non-hydrogen) atoms. The first-order valence-electron chi connectivity index (χ1n) is 5.46. The molecule has 2 aromatic heterocycles. The normalized spacial score (nSPS) is 10.7. The maximum atomic E-state index is 4.54. The Morgan fingerprint density at radius 3 is 2.88 bits per heavy atom. The van der Waals surface area contributed by atoms with E-state index in [2.05, 4.69) is 45.6 Å². The Labute approximate surface area is 99.3 Å². The fourth-order valence-electron chi connectivity index (χ4n) is 1.52. The zero-order valence-corrected chi connectivity index (χ0v) is 10.6. The van der Waals surface area contributed by atoms with Crippen LogP contribution in [0.2, 0.25) is 0 Å².